The van der Waals surface area contributed by atoms with Crippen LogP contribution >= 0.6 is 0 Å². The highest BCUT2D eigenvalue weighted by atomic mass is 16.6. The van der Waals surface area contributed by atoms with E-state index in [0.717, 1.165) is 30.5 Å². The third kappa shape index (κ3) is 3.98. The van der Waals surface area contributed by atoms with E-state index in [1.165, 1.54) is 25.0 Å². The SMILES string of the molecule is Cc1nc(N2CCCC2)cc(N2CCN(C(=O)c3ccccc3[N+](=O)[O-])CC2)n1. The van der Waals surface area contributed by atoms with Crippen molar-refractivity contribution in [3.05, 3.63) is 51.8 Å². The fraction of sp³-hybridized carbons (Fsp3) is 0.450. The van der Waals surface area contributed by atoms with Crippen LogP contribution in [0.5, 0.6) is 0 Å². The minimum absolute atomic E-state index is 0.139. The number of nitro groups is 1. The Hall–Kier alpha value is -3.23. The van der Waals surface area contributed by atoms with E-state index in [0.29, 0.717) is 26.2 Å². The highest BCUT2D eigenvalue weighted by Gasteiger charge is 2.28. The molecule has 0 bridgehead atoms. The normalized spacial score (nSPS) is 16.9. The van der Waals surface area contributed by atoms with Gasteiger partial charge in [0.05, 0.1) is 4.92 Å². The molecule has 29 heavy (non-hydrogen) atoms. The van der Waals surface area contributed by atoms with Crippen LogP contribution in [-0.2, 0) is 0 Å². The van der Waals surface area contributed by atoms with Crippen LogP contribution in [0.4, 0.5) is 17.3 Å². The van der Waals surface area contributed by atoms with E-state index in [9.17, 15) is 14.9 Å². The molecule has 2 aliphatic heterocycles. The number of para-hydroxylation sites is 1. The van der Waals surface area contributed by atoms with Gasteiger partial charge in [-0.3, -0.25) is 14.9 Å². The number of hydrogen-bond donors (Lipinski definition) is 0. The molecule has 0 atom stereocenters. The number of piperazine rings is 1. The van der Waals surface area contributed by atoms with Gasteiger partial charge in [0.25, 0.3) is 11.6 Å². The van der Waals surface area contributed by atoms with Gasteiger partial charge in [-0.05, 0) is 25.8 Å². The number of benzene rings is 1. The van der Waals surface area contributed by atoms with Crippen LogP contribution in [-0.4, -0.2) is 65.0 Å². The molecule has 0 saturated carbocycles. The van der Waals surface area contributed by atoms with E-state index < -0.39 is 4.92 Å². The number of amides is 1. The molecule has 152 valence electrons. The van der Waals surface area contributed by atoms with Crippen molar-refractivity contribution >= 4 is 23.2 Å². The van der Waals surface area contributed by atoms with E-state index in [4.69, 9.17) is 0 Å². The Bertz CT molecular complexity index is 920. The lowest BCUT2D eigenvalue weighted by molar-refractivity contribution is -0.385. The quantitative estimate of drug-likeness (QED) is 0.578. The molecule has 2 fully saturated rings. The lowest BCUT2D eigenvalue weighted by Crippen LogP contribution is -2.49. The summed E-state index contributed by atoms with van der Waals surface area (Å²) in [6.45, 7) is 6.18. The average molecular weight is 396 g/mol. The van der Waals surface area contributed by atoms with Crippen molar-refractivity contribution in [2.75, 3.05) is 49.1 Å². The van der Waals surface area contributed by atoms with Gasteiger partial charge in [-0.2, -0.15) is 0 Å². The number of aryl methyl sites for hydroxylation is 1. The molecule has 2 saturated heterocycles. The van der Waals surface area contributed by atoms with Gasteiger partial charge in [0.1, 0.15) is 23.0 Å². The molecule has 3 heterocycles. The van der Waals surface area contributed by atoms with Crippen molar-refractivity contribution in [3.63, 3.8) is 0 Å². The summed E-state index contributed by atoms with van der Waals surface area (Å²) in [7, 11) is 0. The first-order valence-corrected chi connectivity index (χ1v) is 9.91. The second kappa shape index (κ2) is 8.02. The van der Waals surface area contributed by atoms with Crippen molar-refractivity contribution < 1.29 is 9.72 Å². The van der Waals surface area contributed by atoms with Gasteiger partial charge < -0.3 is 14.7 Å². The molecule has 4 rings (SSSR count). The highest BCUT2D eigenvalue weighted by molar-refractivity contribution is 5.98. The zero-order chi connectivity index (χ0) is 20.4. The Morgan fingerprint density at radius 2 is 1.55 bits per heavy atom. The topological polar surface area (TPSA) is 95.7 Å². The number of carbonyl (C=O) groups excluding carboxylic acids is 1. The summed E-state index contributed by atoms with van der Waals surface area (Å²) in [5.41, 5.74) is -0.0123. The zero-order valence-electron chi connectivity index (χ0n) is 16.5. The lowest BCUT2D eigenvalue weighted by atomic mass is 10.1. The Morgan fingerprint density at radius 1 is 0.966 bits per heavy atom. The van der Waals surface area contributed by atoms with Crippen molar-refractivity contribution in [3.8, 4) is 0 Å². The van der Waals surface area contributed by atoms with Gasteiger partial charge in [0.15, 0.2) is 0 Å². The van der Waals surface area contributed by atoms with Gasteiger partial charge in [0, 0.05) is 51.4 Å². The van der Waals surface area contributed by atoms with Crippen molar-refractivity contribution in [2.24, 2.45) is 0 Å². The van der Waals surface area contributed by atoms with Gasteiger partial charge in [-0.25, -0.2) is 9.97 Å². The largest absolute Gasteiger partial charge is 0.356 e. The third-order valence-electron chi connectivity index (χ3n) is 5.46. The van der Waals surface area contributed by atoms with Crippen LogP contribution in [0.3, 0.4) is 0 Å². The van der Waals surface area contributed by atoms with E-state index in [2.05, 4.69) is 19.8 Å². The summed E-state index contributed by atoms with van der Waals surface area (Å²) >= 11 is 0. The Kier molecular flexibility index (Phi) is 5.28. The maximum Gasteiger partial charge on any atom is 0.282 e. The number of nitro benzene ring substituents is 1. The molecular weight excluding hydrogens is 372 g/mol. The zero-order valence-corrected chi connectivity index (χ0v) is 16.5. The van der Waals surface area contributed by atoms with Crippen LogP contribution in [0, 0.1) is 17.0 Å². The molecule has 0 radical (unpaired) electrons. The smallest absolute Gasteiger partial charge is 0.282 e. The first-order chi connectivity index (χ1) is 14.0. The van der Waals surface area contributed by atoms with Crippen molar-refractivity contribution in [2.45, 2.75) is 19.8 Å². The summed E-state index contributed by atoms with van der Waals surface area (Å²) in [6, 6.07) is 8.14. The van der Waals surface area contributed by atoms with Gasteiger partial charge in [0.2, 0.25) is 0 Å². The molecule has 1 amide bonds. The average Bonchev–Trinajstić information content (AvgIpc) is 3.28. The molecular formula is C20H24N6O3. The monoisotopic (exact) mass is 396 g/mol. The maximum atomic E-state index is 12.8. The Labute approximate surface area is 169 Å². The van der Waals surface area contributed by atoms with Crippen LogP contribution in [0.15, 0.2) is 30.3 Å². The summed E-state index contributed by atoms with van der Waals surface area (Å²) in [6.07, 6.45) is 2.37. The molecule has 9 heteroatoms. The predicted molar refractivity (Wildman–Crippen MR) is 109 cm³/mol. The molecule has 0 aliphatic carbocycles. The summed E-state index contributed by atoms with van der Waals surface area (Å²) in [5.74, 6) is 2.27. The Morgan fingerprint density at radius 3 is 2.17 bits per heavy atom. The minimum atomic E-state index is -0.507. The number of aromatic nitrogens is 2. The van der Waals surface area contributed by atoms with Crippen LogP contribution in [0.25, 0.3) is 0 Å². The number of carbonyl (C=O) groups is 1. The first-order valence-electron chi connectivity index (χ1n) is 9.91. The lowest BCUT2D eigenvalue weighted by Gasteiger charge is -2.35. The van der Waals surface area contributed by atoms with E-state index in [1.807, 2.05) is 13.0 Å². The van der Waals surface area contributed by atoms with Gasteiger partial charge in [-0.15, -0.1) is 0 Å². The van der Waals surface area contributed by atoms with Crippen LogP contribution in [0.2, 0.25) is 0 Å². The molecule has 2 aromatic rings. The van der Waals surface area contributed by atoms with E-state index >= 15 is 0 Å². The molecule has 1 aromatic heterocycles. The fourth-order valence-corrected chi connectivity index (χ4v) is 3.93. The summed E-state index contributed by atoms with van der Waals surface area (Å²) in [5, 5.41) is 11.2. The maximum absolute atomic E-state index is 12.8. The second-order valence-electron chi connectivity index (χ2n) is 7.38. The van der Waals surface area contributed by atoms with Crippen LogP contribution < -0.4 is 9.80 Å². The summed E-state index contributed by atoms with van der Waals surface area (Å²) < 4.78 is 0. The molecule has 1 aromatic carbocycles. The highest BCUT2D eigenvalue weighted by Crippen LogP contribution is 2.25. The van der Waals surface area contributed by atoms with Gasteiger partial charge >= 0.3 is 0 Å². The standard InChI is InChI=1S/C20H24N6O3/c1-15-21-18(23-8-4-5-9-23)14-19(22-15)24-10-12-25(13-11-24)20(27)16-6-2-3-7-17(16)26(28)29/h2-3,6-7,14H,4-5,8-13H2,1H3. The van der Waals surface area contributed by atoms with Crippen molar-refractivity contribution in [1.82, 2.24) is 14.9 Å². The molecule has 0 spiro atoms. The molecule has 0 N–H and O–H groups in total. The predicted octanol–water partition coefficient (Wildman–Crippen LogP) is 2.26. The van der Waals surface area contributed by atoms with E-state index in [-0.39, 0.29) is 17.2 Å². The number of anilines is 2. The number of hydrogen-bond acceptors (Lipinski definition) is 7. The molecule has 0 unspecified atom stereocenters. The third-order valence-corrected chi connectivity index (χ3v) is 5.46. The van der Waals surface area contributed by atoms with Crippen molar-refractivity contribution in [1.29, 1.82) is 0 Å². The van der Waals surface area contributed by atoms with E-state index in [1.54, 1.807) is 17.0 Å². The number of nitrogens with zero attached hydrogens (tertiary/aromatic N) is 6. The first kappa shape index (κ1) is 19.1. The molecule has 9 nitrogen and oxygen atoms in total. The summed E-state index contributed by atoms with van der Waals surface area (Å²) in [4.78, 5) is 38.8. The second-order valence-corrected chi connectivity index (χ2v) is 7.38. The van der Waals surface area contributed by atoms with Crippen LogP contribution in [0.1, 0.15) is 29.0 Å². The number of rotatable bonds is 4. The minimum Gasteiger partial charge on any atom is -0.356 e. The Balaban J connectivity index is 1.46. The van der Waals surface area contributed by atoms with Gasteiger partial charge in [-0.1, -0.05) is 12.1 Å². The fourth-order valence-electron chi connectivity index (χ4n) is 3.93. The molecule has 2 aliphatic rings.